The minimum Gasteiger partial charge on any atom is -0.344 e. The molecule has 0 aliphatic rings. The third-order valence-electron chi connectivity index (χ3n) is 2.74. The summed E-state index contributed by atoms with van der Waals surface area (Å²) in [5, 5.41) is 0. The second kappa shape index (κ2) is 4.86. The van der Waals surface area contributed by atoms with E-state index in [4.69, 9.17) is 5.73 Å². The molecule has 3 nitrogen and oxygen atoms in total. The highest BCUT2D eigenvalue weighted by atomic mass is 19.2. The maximum absolute atomic E-state index is 13.2. The fourth-order valence-corrected chi connectivity index (χ4v) is 1.73. The molecule has 0 radical (unpaired) electrons. The van der Waals surface area contributed by atoms with Crippen molar-refractivity contribution >= 4 is 0 Å². The summed E-state index contributed by atoms with van der Waals surface area (Å²) in [7, 11) is 0. The van der Waals surface area contributed by atoms with Crippen molar-refractivity contribution in [3.05, 3.63) is 41.4 Å². The van der Waals surface area contributed by atoms with E-state index in [0.717, 1.165) is 23.7 Å². The van der Waals surface area contributed by atoms with E-state index in [9.17, 15) is 8.78 Å². The molecule has 18 heavy (non-hydrogen) atoms. The van der Waals surface area contributed by atoms with Gasteiger partial charge in [-0.15, -0.1) is 0 Å². The Morgan fingerprint density at radius 1 is 1.28 bits per heavy atom. The summed E-state index contributed by atoms with van der Waals surface area (Å²) in [5.74, 6) is -0.748. The van der Waals surface area contributed by atoms with Gasteiger partial charge in [-0.25, -0.2) is 13.8 Å². The molecule has 1 aromatic carbocycles. The molecule has 0 saturated heterocycles. The molecule has 0 amide bonds. The van der Waals surface area contributed by atoms with Crippen LogP contribution in [0, 0.1) is 11.6 Å². The molecule has 0 saturated carbocycles. The average molecular weight is 251 g/mol. The summed E-state index contributed by atoms with van der Waals surface area (Å²) in [6.07, 6.45) is 0. The molecule has 2 aromatic rings. The van der Waals surface area contributed by atoms with Gasteiger partial charge in [0.2, 0.25) is 0 Å². The molecule has 0 fully saturated rings. The number of aromatic nitrogens is 2. The molecule has 0 bridgehead atoms. The topological polar surface area (TPSA) is 54.7 Å². The van der Waals surface area contributed by atoms with Gasteiger partial charge in [0.05, 0.1) is 11.4 Å². The minimum atomic E-state index is -0.885. The van der Waals surface area contributed by atoms with E-state index in [1.54, 1.807) is 0 Å². The van der Waals surface area contributed by atoms with Crippen LogP contribution in [0.3, 0.4) is 0 Å². The fraction of sp³-hybridized carbons (Fsp3) is 0.308. The van der Waals surface area contributed by atoms with Crippen LogP contribution in [0.1, 0.15) is 31.3 Å². The van der Waals surface area contributed by atoms with Gasteiger partial charge in [0.15, 0.2) is 11.6 Å². The summed E-state index contributed by atoms with van der Waals surface area (Å²) in [5.41, 5.74) is 7.47. The molecular formula is C13H15F2N3. The van der Waals surface area contributed by atoms with Crippen molar-refractivity contribution in [3.63, 3.8) is 0 Å². The lowest BCUT2D eigenvalue weighted by molar-refractivity contribution is 0.509. The second-order valence-corrected chi connectivity index (χ2v) is 4.44. The van der Waals surface area contributed by atoms with Gasteiger partial charge < -0.3 is 10.7 Å². The number of hydrogen-bond acceptors (Lipinski definition) is 2. The Labute approximate surface area is 104 Å². The normalized spacial score (nSPS) is 11.2. The Morgan fingerprint density at radius 2 is 2.00 bits per heavy atom. The number of aromatic amines is 1. The summed E-state index contributed by atoms with van der Waals surface area (Å²) in [4.78, 5) is 7.51. The number of H-pyrrole nitrogens is 1. The van der Waals surface area contributed by atoms with Gasteiger partial charge in [0, 0.05) is 18.0 Å². The Hall–Kier alpha value is -1.75. The summed E-state index contributed by atoms with van der Waals surface area (Å²) in [6.45, 7) is 4.26. The van der Waals surface area contributed by atoms with Crippen molar-refractivity contribution in [1.29, 1.82) is 0 Å². The third kappa shape index (κ3) is 2.26. The van der Waals surface area contributed by atoms with Crippen LogP contribution in [0.25, 0.3) is 11.3 Å². The molecule has 96 valence electrons. The molecule has 1 heterocycles. The number of rotatable bonds is 3. The number of nitrogens with zero attached hydrogens (tertiary/aromatic N) is 1. The van der Waals surface area contributed by atoms with E-state index >= 15 is 0 Å². The number of benzene rings is 1. The smallest absolute Gasteiger partial charge is 0.159 e. The SMILES string of the molecule is CC(C)c1nc(-c2ccc(F)c(F)c2)c(CN)[nH]1. The van der Waals surface area contributed by atoms with Gasteiger partial charge >= 0.3 is 0 Å². The Kier molecular flexibility index (Phi) is 3.43. The van der Waals surface area contributed by atoms with Gasteiger partial charge in [0.25, 0.3) is 0 Å². The Morgan fingerprint density at radius 3 is 2.56 bits per heavy atom. The zero-order chi connectivity index (χ0) is 13.3. The van der Waals surface area contributed by atoms with Crippen LogP contribution in [-0.2, 0) is 6.54 Å². The van der Waals surface area contributed by atoms with E-state index in [-0.39, 0.29) is 12.5 Å². The highest BCUT2D eigenvalue weighted by Gasteiger charge is 2.14. The highest BCUT2D eigenvalue weighted by molar-refractivity contribution is 5.62. The summed E-state index contributed by atoms with van der Waals surface area (Å²) >= 11 is 0. The first-order chi connectivity index (χ1) is 8.52. The molecule has 0 spiro atoms. The van der Waals surface area contributed by atoms with Gasteiger partial charge in [-0.2, -0.15) is 0 Å². The largest absolute Gasteiger partial charge is 0.344 e. The van der Waals surface area contributed by atoms with Crippen molar-refractivity contribution in [2.75, 3.05) is 0 Å². The predicted molar refractivity (Wildman–Crippen MR) is 65.9 cm³/mol. The first-order valence-corrected chi connectivity index (χ1v) is 5.77. The van der Waals surface area contributed by atoms with Crippen molar-refractivity contribution in [2.24, 2.45) is 5.73 Å². The lowest BCUT2D eigenvalue weighted by atomic mass is 10.1. The van der Waals surface area contributed by atoms with Crippen LogP contribution in [0.4, 0.5) is 8.78 Å². The van der Waals surface area contributed by atoms with Crippen LogP contribution >= 0.6 is 0 Å². The van der Waals surface area contributed by atoms with Crippen molar-refractivity contribution in [3.8, 4) is 11.3 Å². The zero-order valence-electron chi connectivity index (χ0n) is 10.3. The number of halogens is 2. The molecule has 0 unspecified atom stereocenters. The van der Waals surface area contributed by atoms with Crippen LogP contribution in [0.5, 0.6) is 0 Å². The van der Waals surface area contributed by atoms with Gasteiger partial charge in [0.1, 0.15) is 5.82 Å². The van der Waals surface area contributed by atoms with E-state index in [1.165, 1.54) is 6.07 Å². The van der Waals surface area contributed by atoms with Gasteiger partial charge in [-0.3, -0.25) is 0 Å². The van der Waals surface area contributed by atoms with E-state index in [0.29, 0.717) is 11.3 Å². The molecule has 0 atom stereocenters. The van der Waals surface area contributed by atoms with Gasteiger partial charge in [-0.05, 0) is 18.2 Å². The molecule has 3 N–H and O–H groups in total. The third-order valence-corrected chi connectivity index (χ3v) is 2.74. The van der Waals surface area contributed by atoms with Crippen LogP contribution in [0.2, 0.25) is 0 Å². The first-order valence-electron chi connectivity index (χ1n) is 5.77. The number of nitrogens with one attached hydrogen (secondary N) is 1. The monoisotopic (exact) mass is 251 g/mol. The second-order valence-electron chi connectivity index (χ2n) is 4.44. The van der Waals surface area contributed by atoms with E-state index < -0.39 is 11.6 Å². The standard InChI is InChI=1S/C13H15F2N3/c1-7(2)13-17-11(6-16)12(18-13)8-3-4-9(14)10(15)5-8/h3-5,7H,6,16H2,1-2H3,(H,17,18). The lowest BCUT2D eigenvalue weighted by Gasteiger charge is -2.01. The number of hydrogen-bond donors (Lipinski definition) is 2. The minimum absolute atomic E-state index is 0.217. The highest BCUT2D eigenvalue weighted by Crippen LogP contribution is 2.25. The maximum atomic E-state index is 13.2. The molecule has 0 aliphatic carbocycles. The Balaban J connectivity index is 2.51. The van der Waals surface area contributed by atoms with Crippen LogP contribution in [-0.4, -0.2) is 9.97 Å². The van der Waals surface area contributed by atoms with Crippen molar-refractivity contribution in [2.45, 2.75) is 26.3 Å². The summed E-state index contributed by atoms with van der Waals surface area (Å²) < 4.78 is 26.1. The van der Waals surface area contributed by atoms with Crippen LogP contribution in [0.15, 0.2) is 18.2 Å². The van der Waals surface area contributed by atoms with Gasteiger partial charge in [-0.1, -0.05) is 13.8 Å². The van der Waals surface area contributed by atoms with E-state index in [1.807, 2.05) is 13.8 Å². The molecular weight excluding hydrogens is 236 g/mol. The van der Waals surface area contributed by atoms with Crippen LogP contribution < -0.4 is 5.73 Å². The average Bonchev–Trinajstić information content (AvgIpc) is 2.77. The lowest BCUT2D eigenvalue weighted by Crippen LogP contribution is -1.99. The molecule has 5 heteroatoms. The molecule has 2 rings (SSSR count). The van der Waals surface area contributed by atoms with Crippen molar-refractivity contribution < 1.29 is 8.78 Å². The zero-order valence-corrected chi connectivity index (χ0v) is 10.3. The molecule has 1 aromatic heterocycles. The number of imidazole rings is 1. The quantitative estimate of drug-likeness (QED) is 0.881. The van der Waals surface area contributed by atoms with E-state index in [2.05, 4.69) is 9.97 Å². The number of nitrogens with two attached hydrogens (primary N) is 1. The van der Waals surface area contributed by atoms with Crippen molar-refractivity contribution in [1.82, 2.24) is 9.97 Å². The maximum Gasteiger partial charge on any atom is 0.159 e. The summed E-state index contributed by atoms with van der Waals surface area (Å²) in [6, 6.07) is 3.72. The Bertz CT molecular complexity index is 561. The first kappa shape index (κ1) is 12.7. The predicted octanol–water partition coefficient (Wildman–Crippen LogP) is 2.94. The molecule has 0 aliphatic heterocycles. The fourth-order valence-electron chi connectivity index (χ4n) is 1.73.